The van der Waals surface area contributed by atoms with Gasteiger partial charge in [0.05, 0.1) is 23.7 Å². The maximum absolute atomic E-state index is 13.4. The SMILES string of the molecule is CCCCCCCCOc1ccc(-n2c(N)c(C(=O)NC[C@@H]3CCCO3)c3nc4ccccc4nc32)cc1. The van der Waals surface area contributed by atoms with Gasteiger partial charge in [0.25, 0.3) is 5.91 Å². The molecule has 4 aromatic rings. The topological polar surface area (TPSA) is 104 Å². The quantitative estimate of drug-likeness (QED) is 0.231. The summed E-state index contributed by atoms with van der Waals surface area (Å²) in [7, 11) is 0. The van der Waals surface area contributed by atoms with Gasteiger partial charge in [-0.2, -0.15) is 0 Å². The van der Waals surface area contributed by atoms with Crippen LogP contribution in [0.2, 0.25) is 0 Å². The largest absolute Gasteiger partial charge is 0.494 e. The number of benzene rings is 2. The minimum absolute atomic E-state index is 0.0318. The zero-order valence-electron chi connectivity index (χ0n) is 22.1. The molecule has 8 heteroatoms. The van der Waals surface area contributed by atoms with Gasteiger partial charge in [0, 0.05) is 18.8 Å². The molecule has 2 aromatic heterocycles. The molecule has 3 N–H and O–H groups in total. The molecule has 1 aliphatic heterocycles. The van der Waals surface area contributed by atoms with E-state index in [9.17, 15) is 4.79 Å². The number of para-hydroxylation sites is 2. The van der Waals surface area contributed by atoms with Crippen molar-refractivity contribution >= 4 is 33.9 Å². The monoisotopic (exact) mass is 515 g/mol. The Morgan fingerprint density at radius 1 is 1.05 bits per heavy atom. The Morgan fingerprint density at radius 2 is 1.79 bits per heavy atom. The molecule has 0 saturated carbocycles. The van der Waals surface area contributed by atoms with E-state index >= 15 is 0 Å². The van der Waals surface area contributed by atoms with Crippen molar-refractivity contribution in [2.24, 2.45) is 0 Å². The number of nitrogens with zero attached hydrogens (tertiary/aromatic N) is 3. The zero-order valence-corrected chi connectivity index (χ0v) is 22.1. The summed E-state index contributed by atoms with van der Waals surface area (Å²) in [6.07, 6.45) is 9.34. The van der Waals surface area contributed by atoms with Crippen LogP contribution in [0.4, 0.5) is 5.82 Å². The molecule has 5 rings (SSSR count). The summed E-state index contributed by atoms with van der Waals surface area (Å²) in [6, 6.07) is 15.4. The van der Waals surface area contributed by atoms with Gasteiger partial charge in [-0.25, -0.2) is 9.97 Å². The van der Waals surface area contributed by atoms with E-state index in [1.165, 1.54) is 32.1 Å². The second-order valence-corrected chi connectivity index (χ2v) is 9.94. The number of nitrogen functional groups attached to an aromatic ring is 1. The van der Waals surface area contributed by atoms with Gasteiger partial charge >= 0.3 is 0 Å². The Morgan fingerprint density at radius 3 is 2.53 bits per heavy atom. The lowest BCUT2D eigenvalue weighted by molar-refractivity contribution is 0.0859. The van der Waals surface area contributed by atoms with Crippen molar-refractivity contribution in [3.63, 3.8) is 0 Å². The molecule has 1 fully saturated rings. The molecular formula is C30H37N5O3. The van der Waals surface area contributed by atoms with E-state index in [0.717, 1.165) is 42.8 Å². The molecule has 0 unspecified atom stereocenters. The molecule has 0 radical (unpaired) electrons. The number of nitrogens with two attached hydrogens (primary N) is 1. The van der Waals surface area contributed by atoms with Crippen molar-refractivity contribution in [2.75, 3.05) is 25.5 Å². The molecule has 200 valence electrons. The molecular weight excluding hydrogens is 478 g/mol. The van der Waals surface area contributed by atoms with Gasteiger partial charge < -0.3 is 20.5 Å². The maximum atomic E-state index is 13.4. The highest BCUT2D eigenvalue weighted by Crippen LogP contribution is 2.31. The number of hydrogen-bond acceptors (Lipinski definition) is 6. The van der Waals surface area contributed by atoms with Crippen LogP contribution in [0.15, 0.2) is 48.5 Å². The van der Waals surface area contributed by atoms with Crippen molar-refractivity contribution in [3.05, 3.63) is 54.1 Å². The van der Waals surface area contributed by atoms with Crippen LogP contribution in [0.1, 0.15) is 68.6 Å². The number of nitrogens with one attached hydrogen (secondary N) is 1. The summed E-state index contributed by atoms with van der Waals surface area (Å²) in [5.41, 5.74) is 10.2. The highest BCUT2D eigenvalue weighted by molar-refractivity contribution is 6.11. The summed E-state index contributed by atoms with van der Waals surface area (Å²) in [5.74, 6) is 0.842. The molecule has 2 aromatic carbocycles. The Hall–Kier alpha value is -3.65. The van der Waals surface area contributed by atoms with Crippen LogP contribution in [0.5, 0.6) is 5.75 Å². The predicted molar refractivity (Wildman–Crippen MR) is 151 cm³/mol. The van der Waals surface area contributed by atoms with Crippen molar-refractivity contribution in [1.29, 1.82) is 0 Å². The standard InChI is InChI=1S/C30H37N5O3/c1-2-3-4-5-6-9-18-37-22-16-14-21(15-17-22)35-28(31)26(30(36)32-20-23-11-10-19-38-23)27-29(35)34-25-13-8-7-12-24(25)33-27/h7-8,12-17,23H,2-6,9-11,18-20,31H2,1H3,(H,32,36)/t23-/m0/s1. The second kappa shape index (κ2) is 12.3. The molecule has 1 saturated heterocycles. The first-order chi connectivity index (χ1) is 18.7. The van der Waals surface area contributed by atoms with Crippen LogP contribution < -0.4 is 15.8 Å². The van der Waals surface area contributed by atoms with Gasteiger partial charge in [-0.3, -0.25) is 9.36 Å². The third kappa shape index (κ3) is 5.75. The number of carbonyl (C=O) groups excluding carboxylic acids is 1. The number of aromatic nitrogens is 3. The van der Waals surface area contributed by atoms with Crippen LogP contribution >= 0.6 is 0 Å². The van der Waals surface area contributed by atoms with Crippen molar-refractivity contribution in [1.82, 2.24) is 19.9 Å². The lowest BCUT2D eigenvalue weighted by Gasteiger charge is -2.11. The summed E-state index contributed by atoms with van der Waals surface area (Å²) in [5, 5.41) is 3.00. The number of rotatable bonds is 12. The minimum Gasteiger partial charge on any atom is -0.494 e. The molecule has 1 amide bonds. The Bertz CT molecular complexity index is 1380. The van der Waals surface area contributed by atoms with Crippen molar-refractivity contribution in [3.8, 4) is 11.4 Å². The summed E-state index contributed by atoms with van der Waals surface area (Å²) in [4.78, 5) is 23.0. The third-order valence-electron chi connectivity index (χ3n) is 7.10. The molecule has 0 spiro atoms. The number of hydrogen-bond donors (Lipinski definition) is 2. The maximum Gasteiger partial charge on any atom is 0.257 e. The number of carbonyl (C=O) groups is 1. The molecule has 1 aliphatic rings. The molecule has 0 aliphatic carbocycles. The molecule has 3 heterocycles. The summed E-state index contributed by atoms with van der Waals surface area (Å²) >= 11 is 0. The molecule has 38 heavy (non-hydrogen) atoms. The van der Waals surface area contributed by atoms with Gasteiger partial charge in [0.1, 0.15) is 22.6 Å². The zero-order chi connectivity index (χ0) is 26.3. The van der Waals surface area contributed by atoms with Crippen LogP contribution in [0, 0.1) is 0 Å². The van der Waals surface area contributed by atoms with Crippen LogP contribution in [0.25, 0.3) is 27.9 Å². The normalized spacial score (nSPS) is 15.3. The Kier molecular flexibility index (Phi) is 8.38. The average Bonchev–Trinajstić information content (AvgIpc) is 3.56. The van der Waals surface area contributed by atoms with E-state index in [2.05, 4.69) is 12.2 Å². The molecule has 0 bridgehead atoms. The lowest BCUT2D eigenvalue weighted by Crippen LogP contribution is -2.32. The highest BCUT2D eigenvalue weighted by atomic mass is 16.5. The lowest BCUT2D eigenvalue weighted by atomic mass is 10.1. The molecule has 1 atom stereocenters. The number of unbranched alkanes of at least 4 members (excludes halogenated alkanes) is 5. The van der Waals surface area contributed by atoms with Gasteiger partial charge in [0.2, 0.25) is 0 Å². The van der Waals surface area contributed by atoms with Gasteiger partial charge in [0.15, 0.2) is 5.65 Å². The fraction of sp³-hybridized carbons (Fsp3) is 0.433. The molecule has 8 nitrogen and oxygen atoms in total. The Balaban J connectivity index is 1.39. The van der Waals surface area contributed by atoms with Crippen LogP contribution in [-0.4, -0.2) is 46.3 Å². The van der Waals surface area contributed by atoms with Crippen LogP contribution in [0.3, 0.4) is 0 Å². The van der Waals surface area contributed by atoms with Crippen molar-refractivity contribution in [2.45, 2.75) is 64.4 Å². The van der Waals surface area contributed by atoms with Crippen LogP contribution in [-0.2, 0) is 4.74 Å². The first kappa shape index (κ1) is 26.0. The van der Waals surface area contributed by atoms with Gasteiger partial charge in [-0.15, -0.1) is 0 Å². The smallest absolute Gasteiger partial charge is 0.257 e. The summed E-state index contributed by atoms with van der Waals surface area (Å²) < 4.78 is 13.4. The van der Waals surface area contributed by atoms with E-state index in [4.69, 9.17) is 25.2 Å². The van der Waals surface area contributed by atoms with E-state index < -0.39 is 0 Å². The van der Waals surface area contributed by atoms with E-state index in [1.54, 1.807) is 4.57 Å². The second-order valence-electron chi connectivity index (χ2n) is 9.94. The number of amides is 1. The summed E-state index contributed by atoms with van der Waals surface area (Å²) in [6.45, 7) is 4.11. The number of anilines is 1. The van der Waals surface area contributed by atoms with E-state index in [0.29, 0.717) is 41.2 Å². The first-order valence-electron chi connectivity index (χ1n) is 13.9. The van der Waals surface area contributed by atoms with E-state index in [1.807, 2.05) is 48.5 Å². The fourth-order valence-electron chi connectivity index (χ4n) is 5.01. The highest BCUT2D eigenvalue weighted by Gasteiger charge is 2.26. The van der Waals surface area contributed by atoms with Gasteiger partial charge in [-0.1, -0.05) is 51.2 Å². The Labute approximate surface area is 223 Å². The third-order valence-corrected chi connectivity index (χ3v) is 7.10. The number of fused-ring (bicyclic) bond motifs is 2. The average molecular weight is 516 g/mol. The minimum atomic E-state index is -0.273. The number of ether oxygens (including phenoxy) is 2. The van der Waals surface area contributed by atoms with Gasteiger partial charge in [-0.05, 0) is 55.7 Å². The fourth-order valence-corrected chi connectivity index (χ4v) is 5.01. The predicted octanol–water partition coefficient (Wildman–Crippen LogP) is 5.80. The first-order valence-corrected chi connectivity index (χ1v) is 13.9. The van der Waals surface area contributed by atoms with Crippen molar-refractivity contribution < 1.29 is 14.3 Å². The van der Waals surface area contributed by atoms with E-state index in [-0.39, 0.29) is 12.0 Å².